The van der Waals surface area contributed by atoms with Gasteiger partial charge in [0.2, 0.25) is 5.91 Å². The molecule has 2 aliphatic rings. The van der Waals surface area contributed by atoms with Crippen molar-refractivity contribution < 1.29 is 4.79 Å². The molecule has 84 valence electrons. The third kappa shape index (κ3) is 1.31. The first-order valence-electron chi connectivity index (χ1n) is 5.90. The minimum absolute atomic E-state index is 0.0265. The lowest BCUT2D eigenvalue weighted by Crippen LogP contribution is -2.42. The number of hydrogen-bond acceptors (Lipinski definition) is 2. The zero-order valence-corrected chi connectivity index (χ0v) is 9.49. The smallest absolute Gasteiger partial charge is 0.243 e. The highest BCUT2D eigenvalue weighted by atomic mass is 16.2. The van der Waals surface area contributed by atoms with Gasteiger partial charge in [0.25, 0.3) is 0 Å². The van der Waals surface area contributed by atoms with Crippen molar-refractivity contribution in [2.75, 3.05) is 18.0 Å². The first-order chi connectivity index (χ1) is 7.77. The lowest BCUT2D eigenvalue weighted by Gasteiger charge is -2.24. The predicted molar refractivity (Wildman–Crippen MR) is 63.6 cm³/mol. The Morgan fingerprint density at radius 3 is 3.19 bits per heavy atom. The van der Waals surface area contributed by atoms with E-state index < -0.39 is 0 Å². The Hall–Kier alpha value is -1.51. The third-order valence-electron chi connectivity index (χ3n) is 3.58. The van der Waals surface area contributed by atoms with Gasteiger partial charge in [-0.2, -0.15) is 0 Å². The SMILES string of the molecule is Cc1cccc2c1N1CCCNC(=O)C1C2. The molecule has 1 aromatic rings. The monoisotopic (exact) mass is 216 g/mol. The number of amides is 1. The lowest BCUT2D eigenvalue weighted by molar-refractivity contribution is -0.121. The van der Waals surface area contributed by atoms with E-state index in [-0.39, 0.29) is 11.9 Å². The van der Waals surface area contributed by atoms with Crippen LogP contribution in [0.5, 0.6) is 0 Å². The van der Waals surface area contributed by atoms with Gasteiger partial charge in [-0.25, -0.2) is 0 Å². The van der Waals surface area contributed by atoms with Crippen LogP contribution in [0.4, 0.5) is 5.69 Å². The summed E-state index contributed by atoms with van der Waals surface area (Å²) in [5, 5.41) is 2.99. The van der Waals surface area contributed by atoms with Gasteiger partial charge in [0, 0.05) is 25.2 Å². The Bertz CT molecular complexity index is 442. The largest absolute Gasteiger partial charge is 0.359 e. The van der Waals surface area contributed by atoms with Crippen molar-refractivity contribution in [3.63, 3.8) is 0 Å². The van der Waals surface area contributed by atoms with Crippen LogP contribution in [0.3, 0.4) is 0 Å². The molecule has 3 nitrogen and oxygen atoms in total. The molecule has 0 aromatic heterocycles. The Labute approximate surface area is 95.4 Å². The van der Waals surface area contributed by atoms with Crippen LogP contribution in [0.2, 0.25) is 0 Å². The average molecular weight is 216 g/mol. The van der Waals surface area contributed by atoms with Crippen LogP contribution < -0.4 is 10.2 Å². The molecule has 2 aliphatic heterocycles. The predicted octanol–water partition coefficient (Wildman–Crippen LogP) is 1.25. The number of anilines is 1. The molecule has 0 bridgehead atoms. The molecule has 1 N–H and O–H groups in total. The third-order valence-corrected chi connectivity index (χ3v) is 3.58. The minimum Gasteiger partial charge on any atom is -0.359 e. The van der Waals surface area contributed by atoms with E-state index in [0.717, 1.165) is 25.9 Å². The van der Waals surface area contributed by atoms with Crippen molar-refractivity contribution in [1.29, 1.82) is 0 Å². The normalized spacial score (nSPS) is 23.4. The van der Waals surface area contributed by atoms with Gasteiger partial charge in [0.05, 0.1) is 0 Å². The van der Waals surface area contributed by atoms with E-state index in [9.17, 15) is 4.79 Å². The van der Waals surface area contributed by atoms with E-state index in [4.69, 9.17) is 0 Å². The van der Waals surface area contributed by atoms with Crippen molar-refractivity contribution in [1.82, 2.24) is 5.32 Å². The zero-order chi connectivity index (χ0) is 11.1. The lowest BCUT2D eigenvalue weighted by atomic mass is 10.1. The topological polar surface area (TPSA) is 32.3 Å². The van der Waals surface area contributed by atoms with E-state index >= 15 is 0 Å². The van der Waals surface area contributed by atoms with E-state index in [1.165, 1.54) is 16.8 Å². The van der Waals surface area contributed by atoms with Crippen molar-refractivity contribution in [2.24, 2.45) is 0 Å². The molecular weight excluding hydrogens is 200 g/mol. The fourth-order valence-electron chi connectivity index (χ4n) is 2.85. The minimum atomic E-state index is 0.0265. The molecule has 2 heterocycles. The maximum absolute atomic E-state index is 11.9. The second-order valence-electron chi connectivity index (χ2n) is 4.64. The molecule has 1 aromatic carbocycles. The summed E-state index contributed by atoms with van der Waals surface area (Å²) in [5.41, 5.74) is 3.90. The van der Waals surface area contributed by atoms with Gasteiger partial charge in [-0.15, -0.1) is 0 Å². The number of benzene rings is 1. The number of nitrogens with one attached hydrogen (secondary N) is 1. The van der Waals surface area contributed by atoms with Gasteiger partial charge < -0.3 is 10.2 Å². The summed E-state index contributed by atoms with van der Waals surface area (Å²) in [6.07, 6.45) is 1.90. The number of hydrogen-bond donors (Lipinski definition) is 1. The molecule has 0 saturated carbocycles. The molecular formula is C13H16N2O. The molecule has 1 atom stereocenters. The molecule has 1 amide bonds. The number of fused-ring (bicyclic) bond motifs is 3. The standard InChI is InChI=1S/C13H16N2O/c1-9-4-2-5-10-8-11-13(16)14-6-3-7-15(11)12(9)10/h2,4-5,11H,3,6-8H2,1H3,(H,14,16). The summed E-state index contributed by atoms with van der Waals surface area (Å²) in [4.78, 5) is 14.2. The zero-order valence-electron chi connectivity index (χ0n) is 9.49. The second kappa shape index (κ2) is 3.51. The first kappa shape index (κ1) is 9.70. The Balaban J connectivity index is 2.06. The highest BCUT2D eigenvalue weighted by Gasteiger charge is 2.36. The Kier molecular flexibility index (Phi) is 2.13. The van der Waals surface area contributed by atoms with Crippen LogP contribution in [0.1, 0.15) is 17.5 Å². The molecule has 1 fully saturated rings. The van der Waals surface area contributed by atoms with Crippen LogP contribution in [0, 0.1) is 6.92 Å². The highest BCUT2D eigenvalue weighted by Crippen LogP contribution is 2.35. The Morgan fingerprint density at radius 2 is 2.31 bits per heavy atom. The molecule has 1 unspecified atom stereocenters. The molecule has 3 rings (SSSR count). The van der Waals surface area contributed by atoms with Gasteiger partial charge in [0.1, 0.15) is 6.04 Å². The quantitative estimate of drug-likeness (QED) is 0.708. The molecule has 0 radical (unpaired) electrons. The molecule has 0 aliphatic carbocycles. The van der Waals surface area contributed by atoms with Crippen LogP contribution in [-0.4, -0.2) is 25.0 Å². The summed E-state index contributed by atoms with van der Waals surface area (Å²) < 4.78 is 0. The fourth-order valence-corrected chi connectivity index (χ4v) is 2.85. The van der Waals surface area contributed by atoms with Gasteiger partial charge in [-0.1, -0.05) is 18.2 Å². The van der Waals surface area contributed by atoms with Crippen LogP contribution in [-0.2, 0) is 11.2 Å². The average Bonchev–Trinajstić information content (AvgIpc) is 2.56. The van der Waals surface area contributed by atoms with E-state index in [1.54, 1.807) is 0 Å². The van der Waals surface area contributed by atoms with E-state index in [2.05, 4.69) is 35.3 Å². The molecule has 1 saturated heterocycles. The molecule has 0 spiro atoms. The van der Waals surface area contributed by atoms with Crippen molar-refractivity contribution in [3.8, 4) is 0 Å². The van der Waals surface area contributed by atoms with E-state index in [1.807, 2.05) is 0 Å². The van der Waals surface area contributed by atoms with E-state index in [0.29, 0.717) is 0 Å². The van der Waals surface area contributed by atoms with Gasteiger partial charge in [0.15, 0.2) is 0 Å². The number of para-hydroxylation sites is 1. The van der Waals surface area contributed by atoms with Crippen molar-refractivity contribution in [3.05, 3.63) is 29.3 Å². The van der Waals surface area contributed by atoms with Crippen LogP contribution in [0.15, 0.2) is 18.2 Å². The second-order valence-corrected chi connectivity index (χ2v) is 4.64. The number of nitrogens with zero attached hydrogens (tertiary/aromatic N) is 1. The van der Waals surface area contributed by atoms with Gasteiger partial charge >= 0.3 is 0 Å². The fraction of sp³-hybridized carbons (Fsp3) is 0.462. The maximum atomic E-state index is 11.9. The number of rotatable bonds is 0. The van der Waals surface area contributed by atoms with Gasteiger partial charge in [-0.3, -0.25) is 4.79 Å². The van der Waals surface area contributed by atoms with Gasteiger partial charge in [-0.05, 0) is 24.5 Å². The van der Waals surface area contributed by atoms with Crippen LogP contribution in [0.25, 0.3) is 0 Å². The molecule has 3 heteroatoms. The van der Waals surface area contributed by atoms with Crippen molar-refractivity contribution >= 4 is 11.6 Å². The number of carbonyl (C=O) groups is 1. The molecule has 16 heavy (non-hydrogen) atoms. The summed E-state index contributed by atoms with van der Waals surface area (Å²) in [7, 11) is 0. The number of aryl methyl sites for hydroxylation is 1. The first-order valence-corrected chi connectivity index (χ1v) is 5.90. The maximum Gasteiger partial charge on any atom is 0.243 e. The highest BCUT2D eigenvalue weighted by molar-refractivity contribution is 5.89. The summed E-state index contributed by atoms with van der Waals surface area (Å²) in [6, 6.07) is 6.38. The Morgan fingerprint density at radius 1 is 1.44 bits per heavy atom. The number of carbonyl (C=O) groups excluding carboxylic acids is 1. The van der Waals surface area contributed by atoms with Crippen molar-refractivity contribution in [2.45, 2.75) is 25.8 Å². The summed E-state index contributed by atoms with van der Waals surface area (Å²) >= 11 is 0. The summed E-state index contributed by atoms with van der Waals surface area (Å²) in [6.45, 7) is 3.93. The summed E-state index contributed by atoms with van der Waals surface area (Å²) in [5.74, 6) is 0.188. The van der Waals surface area contributed by atoms with Crippen LogP contribution >= 0.6 is 0 Å².